The van der Waals surface area contributed by atoms with Crippen molar-refractivity contribution in [1.82, 2.24) is 9.80 Å². The van der Waals surface area contributed by atoms with E-state index < -0.39 is 0 Å². The molecule has 1 unspecified atom stereocenters. The molecule has 1 heterocycles. The molecule has 0 bridgehead atoms. The van der Waals surface area contributed by atoms with Gasteiger partial charge in [0.15, 0.2) is 0 Å². The number of nitrogens with zero attached hydrogens (tertiary/aromatic N) is 2. The first-order chi connectivity index (χ1) is 13.0. The molecule has 0 aromatic heterocycles. The van der Waals surface area contributed by atoms with Crippen molar-refractivity contribution in [3.05, 3.63) is 65.2 Å². The zero-order valence-corrected chi connectivity index (χ0v) is 16.2. The Balaban J connectivity index is 1.83. The van der Waals surface area contributed by atoms with E-state index in [9.17, 15) is 9.59 Å². The number of piperazine rings is 1. The van der Waals surface area contributed by atoms with E-state index in [1.54, 1.807) is 6.92 Å². The number of rotatable bonds is 4. The van der Waals surface area contributed by atoms with Crippen LogP contribution in [-0.2, 0) is 9.59 Å². The van der Waals surface area contributed by atoms with Crippen LogP contribution < -0.4 is 5.32 Å². The highest BCUT2D eigenvalue weighted by Crippen LogP contribution is 2.25. The molecule has 0 saturated carbocycles. The first kappa shape index (κ1) is 19.1. The number of carbonyl (C=O) groups excluding carboxylic acids is 2. The molecule has 1 aliphatic heterocycles. The third-order valence-electron chi connectivity index (χ3n) is 5.14. The summed E-state index contributed by atoms with van der Waals surface area (Å²) in [7, 11) is 0. The molecule has 0 spiro atoms. The van der Waals surface area contributed by atoms with Crippen LogP contribution in [0.4, 0.5) is 5.69 Å². The Morgan fingerprint density at radius 2 is 1.63 bits per heavy atom. The van der Waals surface area contributed by atoms with E-state index in [0.29, 0.717) is 26.2 Å². The van der Waals surface area contributed by atoms with Gasteiger partial charge in [0.25, 0.3) is 0 Å². The topological polar surface area (TPSA) is 52.7 Å². The van der Waals surface area contributed by atoms with Gasteiger partial charge in [0.05, 0.1) is 0 Å². The summed E-state index contributed by atoms with van der Waals surface area (Å²) in [4.78, 5) is 28.9. The van der Waals surface area contributed by atoms with E-state index in [1.807, 2.05) is 67.3 Å². The molecule has 142 valence electrons. The van der Waals surface area contributed by atoms with Crippen LogP contribution in [0, 0.1) is 13.8 Å². The quantitative estimate of drug-likeness (QED) is 0.906. The first-order valence-corrected chi connectivity index (χ1v) is 9.38. The van der Waals surface area contributed by atoms with Gasteiger partial charge < -0.3 is 10.2 Å². The summed E-state index contributed by atoms with van der Waals surface area (Å²) in [6, 6.07) is 15.5. The Hall–Kier alpha value is -2.66. The van der Waals surface area contributed by atoms with Crippen LogP contribution in [0.1, 0.15) is 29.7 Å². The molecule has 1 saturated heterocycles. The number of benzene rings is 2. The fourth-order valence-electron chi connectivity index (χ4n) is 3.53. The van der Waals surface area contributed by atoms with Gasteiger partial charge >= 0.3 is 0 Å². The average molecular weight is 365 g/mol. The van der Waals surface area contributed by atoms with E-state index in [1.165, 1.54) is 0 Å². The molecule has 5 nitrogen and oxygen atoms in total. The Labute approximate surface area is 161 Å². The minimum atomic E-state index is -0.375. The number of nitrogens with one attached hydrogen (secondary N) is 1. The molecule has 1 atom stereocenters. The normalized spacial score (nSPS) is 16.0. The van der Waals surface area contributed by atoms with E-state index in [2.05, 4.69) is 10.2 Å². The van der Waals surface area contributed by atoms with E-state index >= 15 is 0 Å². The van der Waals surface area contributed by atoms with Crippen molar-refractivity contribution in [3.63, 3.8) is 0 Å². The summed E-state index contributed by atoms with van der Waals surface area (Å²) in [5, 5.41) is 3.12. The molecule has 1 aliphatic rings. The lowest BCUT2D eigenvalue weighted by Crippen LogP contribution is -2.51. The van der Waals surface area contributed by atoms with E-state index in [-0.39, 0.29) is 17.9 Å². The number of carbonyl (C=O) groups is 2. The highest BCUT2D eigenvalue weighted by molar-refractivity contribution is 5.96. The summed E-state index contributed by atoms with van der Waals surface area (Å²) in [5.41, 5.74) is 3.98. The molecule has 3 rings (SSSR count). The molecule has 1 fully saturated rings. The largest absolute Gasteiger partial charge is 0.340 e. The predicted octanol–water partition coefficient (Wildman–Crippen LogP) is 3.15. The Bertz CT molecular complexity index is 812. The number of hydrogen-bond acceptors (Lipinski definition) is 3. The second-order valence-corrected chi connectivity index (χ2v) is 7.16. The maximum atomic E-state index is 13.3. The summed E-state index contributed by atoms with van der Waals surface area (Å²) in [6.07, 6.45) is 0. The molecular formula is C22H27N3O2. The van der Waals surface area contributed by atoms with Gasteiger partial charge in [0.1, 0.15) is 6.04 Å². The highest BCUT2D eigenvalue weighted by Gasteiger charge is 2.31. The van der Waals surface area contributed by atoms with Gasteiger partial charge in [-0.1, -0.05) is 42.5 Å². The third-order valence-corrected chi connectivity index (χ3v) is 5.14. The minimum Gasteiger partial charge on any atom is -0.340 e. The van der Waals surface area contributed by atoms with Gasteiger partial charge in [-0.25, -0.2) is 0 Å². The lowest BCUT2D eigenvalue weighted by molar-refractivity contribution is -0.131. The van der Waals surface area contributed by atoms with Crippen LogP contribution in [0.3, 0.4) is 0 Å². The van der Waals surface area contributed by atoms with Crippen molar-refractivity contribution in [2.24, 2.45) is 0 Å². The molecular weight excluding hydrogens is 338 g/mol. The highest BCUT2D eigenvalue weighted by atomic mass is 16.2. The molecule has 27 heavy (non-hydrogen) atoms. The van der Waals surface area contributed by atoms with Crippen LogP contribution in [0.2, 0.25) is 0 Å². The fraction of sp³-hybridized carbons (Fsp3) is 0.364. The van der Waals surface area contributed by atoms with Crippen LogP contribution in [0.5, 0.6) is 0 Å². The lowest BCUT2D eigenvalue weighted by Gasteiger charge is -2.38. The smallest absolute Gasteiger partial charge is 0.246 e. The molecule has 0 radical (unpaired) electrons. The van der Waals surface area contributed by atoms with Gasteiger partial charge in [-0.2, -0.15) is 0 Å². The molecule has 2 aromatic rings. The van der Waals surface area contributed by atoms with Gasteiger partial charge in [-0.05, 0) is 36.6 Å². The second-order valence-electron chi connectivity index (χ2n) is 7.16. The van der Waals surface area contributed by atoms with Crippen molar-refractivity contribution < 1.29 is 9.59 Å². The summed E-state index contributed by atoms with van der Waals surface area (Å²) in [5.74, 6) is 0.0527. The number of amides is 2. The van der Waals surface area contributed by atoms with Crippen molar-refractivity contribution in [1.29, 1.82) is 0 Å². The summed E-state index contributed by atoms with van der Waals surface area (Å²) < 4.78 is 0. The van der Waals surface area contributed by atoms with Gasteiger partial charge in [0.2, 0.25) is 11.8 Å². The minimum absolute atomic E-state index is 0.0359. The van der Waals surface area contributed by atoms with Crippen LogP contribution in [-0.4, -0.2) is 47.8 Å². The van der Waals surface area contributed by atoms with Crippen molar-refractivity contribution >= 4 is 17.5 Å². The zero-order valence-electron chi connectivity index (χ0n) is 16.2. The zero-order chi connectivity index (χ0) is 19.4. The predicted molar refractivity (Wildman–Crippen MR) is 108 cm³/mol. The first-order valence-electron chi connectivity index (χ1n) is 9.38. The third kappa shape index (κ3) is 4.55. The average Bonchev–Trinajstić information content (AvgIpc) is 2.66. The number of aryl methyl sites for hydroxylation is 2. The van der Waals surface area contributed by atoms with Crippen molar-refractivity contribution in [2.45, 2.75) is 26.8 Å². The van der Waals surface area contributed by atoms with Gasteiger partial charge in [-0.3, -0.25) is 14.5 Å². The SMILES string of the molecule is CC(=O)N1CCN(C(C(=O)Nc2cc(C)ccc2C)c2ccccc2)CC1. The molecule has 2 aromatic carbocycles. The monoisotopic (exact) mass is 365 g/mol. The maximum absolute atomic E-state index is 13.3. The number of anilines is 1. The van der Waals surface area contributed by atoms with Crippen LogP contribution in [0.15, 0.2) is 48.5 Å². The van der Waals surface area contributed by atoms with E-state index in [0.717, 1.165) is 22.4 Å². The maximum Gasteiger partial charge on any atom is 0.246 e. The van der Waals surface area contributed by atoms with Crippen molar-refractivity contribution in [3.8, 4) is 0 Å². The molecule has 2 amide bonds. The number of hydrogen-bond donors (Lipinski definition) is 1. The standard InChI is InChI=1S/C22H27N3O2/c1-16-9-10-17(2)20(15-16)23-22(27)21(19-7-5-4-6-8-19)25-13-11-24(12-14-25)18(3)26/h4-10,15,21H,11-14H2,1-3H3,(H,23,27). The Morgan fingerprint density at radius 3 is 2.26 bits per heavy atom. The van der Waals surface area contributed by atoms with Crippen LogP contribution in [0.25, 0.3) is 0 Å². The molecule has 5 heteroatoms. The second kappa shape index (κ2) is 8.35. The van der Waals surface area contributed by atoms with Gasteiger partial charge in [0, 0.05) is 38.8 Å². The van der Waals surface area contributed by atoms with E-state index in [4.69, 9.17) is 0 Å². The van der Waals surface area contributed by atoms with Gasteiger partial charge in [-0.15, -0.1) is 0 Å². The lowest BCUT2D eigenvalue weighted by atomic mass is 10.0. The van der Waals surface area contributed by atoms with Crippen molar-refractivity contribution in [2.75, 3.05) is 31.5 Å². The van der Waals surface area contributed by atoms with Crippen LogP contribution >= 0.6 is 0 Å². The summed E-state index contributed by atoms with van der Waals surface area (Å²) in [6.45, 7) is 8.27. The fourth-order valence-corrected chi connectivity index (χ4v) is 3.53. The molecule has 1 N–H and O–H groups in total. The Kier molecular flexibility index (Phi) is 5.91. The summed E-state index contributed by atoms with van der Waals surface area (Å²) >= 11 is 0. The molecule has 0 aliphatic carbocycles. The Morgan fingerprint density at radius 1 is 0.963 bits per heavy atom.